The molecule has 114 valence electrons. The van der Waals surface area contributed by atoms with E-state index >= 15 is 0 Å². The summed E-state index contributed by atoms with van der Waals surface area (Å²) < 4.78 is 0. The molecule has 2 atom stereocenters. The Balaban J connectivity index is 2.12. The van der Waals surface area contributed by atoms with Gasteiger partial charge in [0.05, 0.1) is 6.61 Å². The second-order valence-corrected chi connectivity index (χ2v) is 5.88. The number of aliphatic hydroxyl groups excluding tert-OH is 1. The third-order valence-corrected chi connectivity index (χ3v) is 4.53. The van der Waals surface area contributed by atoms with Gasteiger partial charge in [0, 0.05) is 19.1 Å². The molecule has 1 aliphatic carbocycles. The minimum Gasteiger partial charge on any atom is -0.480 e. The Kier molecular flexibility index (Phi) is 4.86. The molecule has 1 heterocycles. The van der Waals surface area contributed by atoms with Crippen molar-refractivity contribution in [2.75, 3.05) is 19.7 Å². The zero-order valence-corrected chi connectivity index (χ0v) is 12.0. The molecule has 2 rings (SSSR count). The van der Waals surface area contributed by atoms with Crippen LogP contribution in [-0.4, -0.2) is 63.8 Å². The first-order valence-electron chi connectivity index (χ1n) is 7.47. The lowest BCUT2D eigenvalue weighted by Crippen LogP contribution is -2.59. The van der Waals surface area contributed by atoms with Gasteiger partial charge in [0.25, 0.3) is 0 Å². The SMILES string of the molecule is CC1CCCN(C(=O)N(CCO)C2CCC2)C1C(=O)O. The Labute approximate surface area is 119 Å². The maximum atomic E-state index is 12.7. The van der Waals surface area contributed by atoms with Crippen LogP contribution >= 0.6 is 0 Å². The third kappa shape index (κ3) is 2.90. The number of rotatable bonds is 4. The highest BCUT2D eigenvalue weighted by Crippen LogP contribution is 2.29. The number of hydrogen-bond acceptors (Lipinski definition) is 3. The first kappa shape index (κ1) is 15.1. The lowest BCUT2D eigenvalue weighted by Gasteiger charge is -2.44. The van der Waals surface area contributed by atoms with Crippen LogP contribution in [0.2, 0.25) is 0 Å². The fraction of sp³-hybridized carbons (Fsp3) is 0.857. The summed E-state index contributed by atoms with van der Waals surface area (Å²) in [5.41, 5.74) is 0. The third-order valence-electron chi connectivity index (χ3n) is 4.53. The van der Waals surface area contributed by atoms with Crippen molar-refractivity contribution in [2.24, 2.45) is 5.92 Å². The van der Waals surface area contributed by atoms with Crippen LogP contribution in [0.5, 0.6) is 0 Å². The summed E-state index contributed by atoms with van der Waals surface area (Å²) in [7, 11) is 0. The largest absolute Gasteiger partial charge is 0.480 e. The van der Waals surface area contributed by atoms with Crippen LogP contribution in [0, 0.1) is 5.92 Å². The Morgan fingerprint density at radius 2 is 1.95 bits per heavy atom. The number of carboxylic acid groups (broad SMARTS) is 1. The van der Waals surface area contributed by atoms with Crippen LogP contribution < -0.4 is 0 Å². The Hall–Kier alpha value is -1.30. The van der Waals surface area contributed by atoms with E-state index in [2.05, 4.69) is 0 Å². The molecule has 2 aliphatic rings. The van der Waals surface area contributed by atoms with Crippen molar-refractivity contribution < 1.29 is 19.8 Å². The Morgan fingerprint density at radius 1 is 1.25 bits per heavy atom. The molecule has 0 radical (unpaired) electrons. The van der Waals surface area contributed by atoms with E-state index in [9.17, 15) is 14.7 Å². The molecule has 2 fully saturated rings. The number of nitrogens with zero attached hydrogens (tertiary/aromatic N) is 2. The average Bonchev–Trinajstić information content (AvgIpc) is 2.34. The molecular formula is C14H24N2O4. The molecule has 2 N–H and O–H groups in total. The predicted molar refractivity (Wildman–Crippen MR) is 73.4 cm³/mol. The van der Waals surface area contributed by atoms with Gasteiger partial charge in [-0.15, -0.1) is 0 Å². The van der Waals surface area contributed by atoms with E-state index in [0.29, 0.717) is 13.1 Å². The molecule has 0 aromatic rings. The molecule has 0 aromatic heterocycles. The number of likely N-dealkylation sites (tertiary alicyclic amines) is 1. The van der Waals surface area contributed by atoms with Crippen molar-refractivity contribution in [1.82, 2.24) is 9.80 Å². The van der Waals surface area contributed by atoms with Gasteiger partial charge < -0.3 is 20.0 Å². The number of hydrogen-bond donors (Lipinski definition) is 2. The minimum atomic E-state index is -0.928. The fourth-order valence-corrected chi connectivity index (χ4v) is 3.18. The predicted octanol–water partition coefficient (Wildman–Crippen LogP) is 1.14. The van der Waals surface area contributed by atoms with E-state index in [1.807, 2.05) is 6.92 Å². The summed E-state index contributed by atoms with van der Waals surface area (Å²) in [5.74, 6) is -0.953. The van der Waals surface area contributed by atoms with Crippen molar-refractivity contribution in [3.63, 3.8) is 0 Å². The Morgan fingerprint density at radius 3 is 2.45 bits per heavy atom. The van der Waals surface area contributed by atoms with Crippen LogP contribution in [-0.2, 0) is 4.79 Å². The molecule has 1 aliphatic heterocycles. The second-order valence-electron chi connectivity index (χ2n) is 5.88. The lowest BCUT2D eigenvalue weighted by molar-refractivity contribution is -0.145. The topological polar surface area (TPSA) is 81.1 Å². The van der Waals surface area contributed by atoms with Gasteiger partial charge in [-0.3, -0.25) is 0 Å². The van der Waals surface area contributed by atoms with Crippen molar-refractivity contribution in [2.45, 2.75) is 51.1 Å². The first-order chi connectivity index (χ1) is 9.56. The summed E-state index contributed by atoms with van der Waals surface area (Å²) in [5, 5.41) is 18.5. The molecule has 1 saturated heterocycles. The highest BCUT2D eigenvalue weighted by atomic mass is 16.4. The summed E-state index contributed by atoms with van der Waals surface area (Å²) >= 11 is 0. The van der Waals surface area contributed by atoms with Gasteiger partial charge in [-0.2, -0.15) is 0 Å². The van der Waals surface area contributed by atoms with Gasteiger partial charge in [-0.25, -0.2) is 9.59 Å². The van der Waals surface area contributed by atoms with Crippen molar-refractivity contribution in [3.8, 4) is 0 Å². The molecule has 6 heteroatoms. The fourth-order valence-electron chi connectivity index (χ4n) is 3.18. The van der Waals surface area contributed by atoms with Crippen LogP contribution in [0.15, 0.2) is 0 Å². The molecule has 0 bridgehead atoms. The highest BCUT2D eigenvalue weighted by molar-refractivity contribution is 5.83. The summed E-state index contributed by atoms with van der Waals surface area (Å²) in [4.78, 5) is 27.3. The van der Waals surface area contributed by atoms with Crippen molar-refractivity contribution in [3.05, 3.63) is 0 Å². The van der Waals surface area contributed by atoms with E-state index < -0.39 is 12.0 Å². The zero-order chi connectivity index (χ0) is 14.7. The normalized spacial score (nSPS) is 27.0. The minimum absolute atomic E-state index is 0.0254. The Bertz CT molecular complexity index is 370. The van der Waals surface area contributed by atoms with E-state index in [1.165, 1.54) is 4.90 Å². The van der Waals surface area contributed by atoms with Gasteiger partial charge in [0.2, 0.25) is 0 Å². The second kappa shape index (κ2) is 6.43. The summed E-state index contributed by atoms with van der Waals surface area (Å²) in [6.45, 7) is 2.59. The molecule has 2 amide bonds. The molecule has 0 spiro atoms. The molecule has 20 heavy (non-hydrogen) atoms. The maximum absolute atomic E-state index is 12.7. The summed E-state index contributed by atoms with van der Waals surface area (Å²) in [6.07, 6.45) is 4.68. The summed E-state index contributed by atoms with van der Waals surface area (Å²) in [6, 6.07) is -0.790. The van der Waals surface area contributed by atoms with Crippen LogP contribution in [0.25, 0.3) is 0 Å². The van der Waals surface area contributed by atoms with Crippen LogP contribution in [0.3, 0.4) is 0 Å². The number of urea groups is 1. The lowest BCUT2D eigenvalue weighted by atomic mass is 9.89. The van der Waals surface area contributed by atoms with E-state index in [0.717, 1.165) is 32.1 Å². The first-order valence-corrected chi connectivity index (χ1v) is 7.47. The number of aliphatic carboxylic acids is 1. The van der Waals surface area contributed by atoms with E-state index in [4.69, 9.17) is 5.11 Å². The van der Waals surface area contributed by atoms with Gasteiger partial charge in [0.15, 0.2) is 0 Å². The van der Waals surface area contributed by atoms with Crippen LogP contribution in [0.1, 0.15) is 39.0 Å². The molecule has 1 saturated carbocycles. The number of aliphatic hydroxyl groups is 1. The van der Waals surface area contributed by atoms with E-state index in [-0.39, 0.29) is 24.6 Å². The number of amides is 2. The molecule has 6 nitrogen and oxygen atoms in total. The number of carbonyl (C=O) groups is 2. The molecule has 0 aromatic carbocycles. The quantitative estimate of drug-likeness (QED) is 0.811. The van der Waals surface area contributed by atoms with Crippen molar-refractivity contribution in [1.29, 1.82) is 0 Å². The highest BCUT2D eigenvalue weighted by Gasteiger charge is 2.40. The standard InChI is InChI=1S/C14H24N2O4/c1-10-4-3-7-16(12(10)13(18)19)14(20)15(8-9-17)11-5-2-6-11/h10-12,17H,2-9H2,1H3,(H,18,19). The monoisotopic (exact) mass is 284 g/mol. The zero-order valence-electron chi connectivity index (χ0n) is 12.0. The van der Waals surface area contributed by atoms with Gasteiger partial charge >= 0.3 is 12.0 Å². The van der Waals surface area contributed by atoms with Gasteiger partial charge in [-0.05, 0) is 38.0 Å². The van der Waals surface area contributed by atoms with Crippen LogP contribution in [0.4, 0.5) is 4.79 Å². The smallest absolute Gasteiger partial charge is 0.326 e. The number of carbonyl (C=O) groups excluding carboxylic acids is 1. The van der Waals surface area contributed by atoms with Crippen molar-refractivity contribution >= 4 is 12.0 Å². The van der Waals surface area contributed by atoms with Gasteiger partial charge in [0.1, 0.15) is 6.04 Å². The maximum Gasteiger partial charge on any atom is 0.326 e. The van der Waals surface area contributed by atoms with E-state index in [1.54, 1.807) is 4.90 Å². The average molecular weight is 284 g/mol. The number of carboxylic acids is 1. The van der Waals surface area contributed by atoms with Gasteiger partial charge in [-0.1, -0.05) is 6.92 Å². The number of piperidine rings is 1. The molecule has 2 unspecified atom stereocenters. The molecular weight excluding hydrogens is 260 g/mol.